The third kappa shape index (κ3) is 3.62. The van der Waals surface area contributed by atoms with E-state index < -0.39 is 6.04 Å². The van der Waals surface area contributed by atoms with Crippen molar-refractivity contribution in [2.75, 3.05) is 11.4 Å². The average molecular weight is 326 g/mol. The molecular formula is C19H19FN2O2. The standard InChI is InChI=1S/C19H19FN2O2/c1-13-2-4-14(5-3-13)12-18(23)21-17-10-11-22(19(17)24)16-8-6-15(20)7-9-16/h2-9,17H,10-12H2,1H3,(H,21,23)/t17-/m1/s1. The molecule has 1 aliphatic heterocycles. The lowest BCUT2D eigenvalue weighted by atomic mass is 10.1. The van der Waals surface area contributed by atoms with Gasteiger partial charge in [0.25, 0.3) is 0 Å². The number of hydrogen-bond donors (Lipinski definition) is 1. The van der Waals surface area contributed by atoms with Gasteiger partial charge in [-0.25, -0.2) is 4.39 Å². The second kappa shape index (κ2) is 6.83. The molecule has 3 rings (SSSR count). The van der Waals surface area contributed by atoms with Gasteiger partial charge in [0, 0.05) is 12.2 Å². The molecule has 0 bridgehead atoms. The van der Waals surface area contributed by atoms with Gasteiger partial charge in [0.1, 0.15) is 11.9 Å². The van der Waals surface area contributed by atoms with E-state index in [4.69, 9.17) is 0 Å². The van der Waals surface area contributed by atoms with Gasteiger partial charge in [-0.1, -0.05) is 29.8 Å². The number of nitrogens with zero attached hydrogens (tertiary/aromatic N) is 1. The fourth-order valence-electron chi connectivity index (χ4n) is 2.83. The van der Waals surface area contributed by atoms with Gasteiger partial charge in [-0.3, -0.25) is 9.59 Å². The fraction of sp³-hybridized carbons (Fsp3) is 0.263. The summed E-state index contributed by atoms with van der Waals surface area (Å²) in [7, 11) is 0. The van der Waals surface area contributed by atoms with Crippen molar-refractivity contribution in [2.45, 2.75) is 25.8 Å². The molecule has 2 aromatic carbocycles. The van der Waals surface area contributed by atoms with Crippen molar-refractivity contribution in [3.05, 3.63) is 65.5 Å². The highest BCUT2D eigenvalue weighted by molar-refractivity contribution is 6.01. The minimum absolute atomic E-state index is 0.154. The van der Waals surface area contributed by atoms with Crippen LogP contribution in [0.2, 0.25) is 0 Å². The third-order valence-corrected chi connectivity index (χ3v) is 4.16. The second-order valence-electron chi connectivity index (χ2n) is 6.04. The third-order valence-electron chi connectivity index (χ3n) is 4.16. The highest BCUT2D eigenvalue weighted by Gasteiger charge is 2.33. The van der Waals surface area contributed by atoms with E-state index >= 15 is 0 Å². The molecule has 124 valence electrons. The van der Waals surface area contributed by atoms with Crippen LogP contribution in [-0.2, 0) is 16.0 Å². The van der Waals surface area contributed by atoms with Crippen LogP contribution < -0.4 is 10.2 Å². The first-order valence-corrected chi connectivity index (χ1v) is 7.95. The van der Waals surface area contributed by atoms with Crippen molar-refractivity contribution in [1.82, 2.24) is 5.32 Å². The topological polar surface area (TPSA) is 49.4 Å². The lowest BCUT2D eigenvalue weighted by Gasteiger charge is -2.17. The number of anilines is 1. The summed E-state index contributed by atoms with van der Waals surface area (Å²) in [6.07, 6.45) is 0.802. The van der Waals surface area contributed by atoms with Crippen molar-refractivity contribution in [3.63, 3.8) is 0 Å². The van der Waals surface area contributed by atoms with Gasteiger partial charge in [0.05, 0.1) is 6.42 Å². The monoisotopic (exact) mass is 326 g/mol. The van der Waals surface area contributed by atoms with Gasteiger partial charge in [-0.15, -0.1) is 0 Å². The van der Waals surface area contributed by atoms with Crippen LogP contribution in [0, 0.1) is 12.7 Å². The zero-order valence-corrected chi connectivity index (χ0v) is 13.5. The van der Waals surface area contributed by atoms with E-state index in [-0.39, 0.29) is 24.1 Å². The van der Waals surface area contributed by atoms with Crippen LogP contribution in [0.15, 0.2) is 48.5 Å². The maximum Gasteiger partial charge on any atom is 0.249 e. The highest BCUT2D eigenvalue weighted by Crippen LogP contribution is 2.22. The Morgan fingerprint density at radius 2 is 1.83 bits per heavy atom. The van der Waals surface area contributed by atoms with E-state index in [1.807, 2.05) is 31.2 Å². The lowest BCUT2D eigenvalue weighted by Crippen LogP contribution is -2.42. The number of benzene rings is 2. The van der Waals surface area contributed by atoms with Crippen LogP contribution in [0.25, 0.3) is 0 Å². The van der Waals surface area contributed by atoms with Gasteiger partial charge in [0.2, 0.25) is 11.8 Å². The number of rotatable bonds is 4. The molecule has 0 spiro atoms. The molecule has 1 N–H and O–H groups in total. The predicted octanol–water partition coefficient (Wildman–Crippen LogP) is 2.60. The molecule has 24 heavy (non-hydrogen) atoms. The van der Waals surface area contributed by atoms with Crippen LogP contribution >= 0.6 is 0 Å². The highest BCUT2D eigenvalue weighted by atomic mass is 19.1. The molecule has 1 fully saturated rings. The van der Waals surface area contributed by atoms with E-state index in [0.29, 0.717) is 18.7 Å². The van der Waals surface area contributed by atoms with E-state index in [1.54, 1.807) is 17.0 Å². The maximum atomic E-state index is 13.0. The maximum absolute atomic E-state index is 13.0. The summed E-state index contributed by atoms with van der Waals surface area (Å²) in [5, 5.41) is 2.80. The summed E-state index contributed by atoms with van der Waals surface area (Å²) < 4.78 is 13.0. The number of halogens is 1. The van der Waals surface area contributed by atoms with Crippen LogP contribution in [0.4, 0.5) is 10.1 Å². The molecule has 0 radical (unpaired) electrons. The van der Waals surface area contributed by atoms with Crippen molar-refractivity contribution < 1.29 is 14.0 Å². The van der Waals surface area contributed by atoms with Gasteiger partial charge in [0.15, 0.2) is 0 Å². The van der Waals surface area contributed by atoms with Gasteiger partial charge >= 0.3 is 0 Å². The zero-order valence-electron chi connectivity index (χ0n) is 13.5. The quantitative estimate of drug-likeness (QED) is 0.939. The molecule has 2 aromatic rings. The summed E-state index contributed by atoms with van der Waals surface area (Å²) in [6, 6.07) is 13.0. The second-order valence-corrected chi connectivity index (χ2v) is 6.04. The first-order valence-electron chi connectivity index (χ1n) is 7.95. The molecular weight excluding hydrogens is 307 g/mol. The smallest absolute Gasteiger partial charge is 0.249 e. The number of nitrogens with one attached hydrogen (secondary N) is 1. The Morgan fingerprint density at radius 1 is 1.17 bits per heavy atom. The number of carbonyl (C=O) groups is 2. The SMILES string of the molecule is Cc1ccc(CC(=O)N[C@@H]2CCN(c3ccc(F)cc3)C2=O)cc1. The van der Waals surface area contributed by atoms with Gasteiger partial charge < -0.3 is 10.2 Å². The van der Waals surface area contributed by atoms with Crippen molar-refractivity contribution in [1.29, 1.82) is 0 Å². The van der Waals surface area contributed by atoms with Gasteiger partial charge in [-0.05, 0) is 43.2 Å². The Balaban J connectivity index is 1.60. The molecule has 2 amide bonds. The summed E-state index contributed by atoms with van der Waals surface area (Å²) in [5.41, 5.74) is 2.70. The Hall–Kier alpha value is -2.69. The Morgan fingerprint density at radius 3 is 2.50 bits per heavy atom. The van der Waals surface area contributed by atoms with E-state index in [0.717, 1.165) is 11.1 Å². The Bertz CT molecular complexity index is 741. The van der Waals surface area contributed by atoms with Crippen LogP contribution in [0.5, 0.6) is 0 Å². The first kappa shape index (κ1) is 16.2. The Labute approximate surface area is 140 Å². The van der Waals surface area contributed by atoms with Gasteiger partial charge in [-0.2, -0.15) is 0 Å². The molecule has 5 heteroatoms. The summed E-state index contributed by atoms with van der Waals surface area (Å²) in [5.74, 6) is -0.662. The number of hydrogen-bond acceptors (Lipinski definition) is 2. The largest absolute Gasteiger partial charge is 0.344 e. The molecule has 4 nitrogen and oxygen atoms in total. The van der Waals surface area contributed by atoms with Crippen LogP contribution in [-0.4, -0.2) is 24.4 Å². The zero-order chi connectivity index (χ0) is 17.1. The van der Waals surface area contributed by atoms with Crippen LogP contribution in [0.3, 0.4) is 0 Å². The Kier molecular flexibility index (Phi) is 4.60. The van der Waals surface area contributed by atoms with Crippen molar-refractivity contribution in [2.24, 2.45) is 0 Å². The predicted molar refractivity (Wildman–Crippen MR) is 90.2 cm³/mol. The normalized spacial score (nSPS) is 17.2. The summed E-state index contributed by atoms with van der Waals surface area (Å²) in [4.78, 5) is 26.2. The van der Waals surface area contributed by atoms with E-state index in [9.17, 15) is 14.0 Å². The number of amides is 2. The molecule has 1 saturated heterocycles. The molecule has 1 heterocycles. The van der Waals surface area contributed by atoms with E-state index in [1.165, 1.54) is 12.1 Å². The molecule has 1 aliphatic rings. The molecule has 0 aromatic heterocycles. The number of aryl methyl sites for hydroxylation is 1. The summed E-state index contributed by atoms with van der Waals surface area (Å²) >= 11 is 0. The fourth-order valence-corrected chi connectivity index (χ4v) is 2.83. The minimum Gasteiger partial charge on any atom is -0.344 e. The average Bonchev–Trinajstić information content (AvgIpc) is 2.91. The molecule has 0 saturated carbocycles. The number of carbonyl (C=O) groups excluding carboxylic acids is 2. The summed E-state index contributed by atoms with van der Waals surface area (Å²) in [6.45, 7) is 2.50. The van der Waals surface area contributed by atoms with E-state index in [2.05, 4.69) is 5.32 Å². The molecule has 0 unspecified atom stereocenters. The van der Waals surface area contributed by atoms with Crippen molar-refractivity contribution in [3.8, 4) is 0 Å². The molecule has 1 atom stereocenters. The minimum atomic E-state index is -0.520. The molecule has 0 aliphatic carbocycles. The van der Waals surface area contributed by atoms with Crippen LogP contribution in [0.1, 0.15) is 17.5 Å². The first-order chi connectivity index (χ1) is 11.5. The van der Waals surface area contributed by atoms with Crippen molar-refractivity contribution >= 4 is 17.5 Å². The lowest BCUT2D eigenvalue weighted by molar-refractivity contribution is -0.126.